The van der Waals surface area contributed by atoms with Gasteiger partial charge in [-0.2, -0.15) is 0 Å². The van der Waals surface area contributed by atoms with Crippen LogP contribution < -0.4 is 4.31 Å². The fourth-order valence-corrected chi connectivity index (χ4v) is 2.25. The van der Waals surface area contributed by atoms with Gasteiger partial charge in [-0.25, -0.2) is 13.4 Å². The second-order valence-electron chi connectivity index (χ2n) is 4.34. The minimum Gasteiger partial charge on any atom is -0.475 e. The number of sulfonamides is 1. The van der Waals surface area contributed by atoms with Crippen LogP contribution in [-0.2, 0) is 14.8 Å². The summed E-state index contributed by atoms with van der Waals surface area (Å²) in [6.07, 6.45) is 1.17. The van der Waals surface area contributed by atoms with Crippen LogP contribution in [0.3, 0.4) is 0 Å². The molecule has 0 fully saturated rings. The molecule has 1 aromatic carbocycles. The maximum Gasteiger partial charge on any atom is 0.232 e. The molecule has 0 N–H and O–H groups in total. The molecule has 0 aromatic heterocycles. The summed E-state index contributed by atoms with van der Waals surface area (Å²) in [5.74, 6) is 0.508. The Kier molecular flexibility index (Phi) is 3.30. The summed E-state index contributed by atoms with van der Waals surface area (Å²) in [5, 5.41) is 0. The van der Waals surface area contributed by atoms with Crippen molar-refractivity contribution in [2.24, 2.45) is 4.99 Å². The molecule has 6 heteroatoms. The average Bonchev–Trinajstić information content (AvgIpc) is 2.73. The third-order valence-corrected chi connectivity index (χ3v) is 3.96. The molecule has 0 amide bonds. The van der Waals surface area contributed by atoms with Gasteiger partial charge in [0.15, 0.2) is 0 Å². The summed E-state index contributed by atoms with van der Waals surface area (Å²) in [7, 11) is -1.78. The van der Waals surface area contributed by atoms with Crippen molar-refractivity contribution in [1.29, 1.82) is 0 Å². The van der Waals surface area contributed by atoms with Gasteiger partial charge >= 0.3 is 0 Å². The summed E-state index contributed by atoms with van der Waals surface area (Å²) < 4.78 is 29.9. The Morgan fingerprint density at radius 2 is 2.06 bits per heavy atom. The molecule has 98 valence electrons. The highest BCUT2D eigenvalue weighted by Gasteiger charge is 2.22. The van der Waals surface area contributed by atoms with E-state index in [0.29, 0.717) is 23.8 Å². The van der Waals surface area contributed by atoms with Gasteiger partial charge < -0.3 is 4.74 Å². The third kappa shape index (κ3) is 2.48. The first-order chi connectivity index (χ1) is 8.39. The lowest BCUT2D eigenvalue weighted by Crippen LogP contribution is -2.26. The van der Waals surface area contributed by atoms with E-state index in [1.165, 1.54) is 17.6 Å². The number of ether oxygens (including phenoxy) is 1. The van der Waals surface area contributed by atoms with E-state index in [1.807, 2.05) is 19.1 Å². The first kappa shape index (κ1) is 12.9. The predicted molar refractivity (Wildman–Crippen MR) is 71.6 cm³/mol. The maximum atomic E-state index is 11.6. The molecular formula is C12H16N2O3S. The van der Waals surface area contributed by atoms with Crippen LogP contribution in [0.2, 0.25) is 0 Å². The first-order valence-electron chi connectivity index (χ1n) is 5.63. The van der Waals surface area contributed by atoms with Crippen LogP contribution in [0.4, 0.5) is 5.69 Å². The Labute approximate surface area is 107 Å². The van der Waals surface area contributed by atoms with E-state index in [-0.39, 0.29) is 6.04 Å². The fraction of sp³-hybridized carbons (Fsp3) is 0.417. The van der Waals surface area contributed by atoms with Crippen LogP contribution in [-0.4, -0.2) is 40.3 Å². The second-order valence-corrected chi connectivity index (χ2v) is 6.36. The van der Waals surface area contributed by atoms with Crippen molar-refractivity contribution in [3.05, 3.63) is 29.8 Å². The van der Waals surface area contributed by atoms with Crippen molar-refractivity contribution in [3.8, 4) is 0 Å². The van der Waals surface area contributed by atoms with E-state index in [1.54, 1.807) is 12.1 Å². The lowest BCUT2D eigenvalue weighted by molar-refractivity contribution is 0.324. The number of nitrogens with zero attached hydrogens (tertiary/aromatic N) is 2. The third-order valence-electron chi connectivity index (χ3n) is 2.77. The Hall–Kier alpha value is -1.56. The zero-order chi connectivity index (χ0) is 13.3. The summed E-state index contributed by atoms with van der Waals surface area (Å²) >= 11 is 0. The van der Waals surface area contributed by atoms with Crippen molar-refractivity contribution < 1.29 is 13.2 Å². The maximum absolute atomic E-state index is 11.6. The number of benzene rings is 1. The highest BCUT2D eigenvalue weighted by Crippen LogP contribution is 2.24. The Morgan fingerprint density at radius 1 is 1.39 bits per heavy atom. The van der Waals surface area contributed by atoms with E-state index in [4.69, 9.17) is 4.74 Å². The molecule has 1 aromatic rings. The molecule has 0 bridgehead atoms. The zero-order valence-corrected chi connectivity index (χ0v) is 11.4. The van der Waals surface area contributed by atoms with E-state index in [2.05, 4.69) is 4.99 Å². The number of anilines is 1. The van der Waals surface area contributed by atoms with Crippen molar-refractivity contribution in [2.45, 2.75) is 13.0 Å². The molecule has 0 saturated carbocycles. The first-order valence-corrected chi connectivity index (χ1v) is 7.48. The van der Waals surface area contributed by atoms with Crippen LogP contribution in [0.15, 0.2) is 29.3 Å². The van der Waals surface area contributed by atoms with E-state index < -0.39 is 10.0 Å². The predicted octanol–water partition coefficient (Wildman–Crippen LogP) is 1.25. The molecule has 0 spiro atoms. The molecule has 0 aliphatic carbocycles. The van der Waals surface area contributed by atoms with Gasteiger partial charge in [-0.05, 0) is 19.1 Å². The SMILES string of the molecule is C[C@H]1COC(c2ccccc2N(C)S(C)(=O)=O)=N1. The molecule has 1 atom stereocenters. The number of hydrogen-bond acceptors (Lipinski definition) is 4. The summed E-state index contributed by atoms with van der Waals surface area (Å²) in [6.45, 7) is 2.49. The molecule has 0 saturated heterocycles. The van der Waals surface area contributed by atoms with Crippen molar-refractivity contribution in [2.75, 3.05) is 24.2 Å². The van der Waals surface area contributed by atoms with Crippen molar-refractivity contribution in [1.82, 2.24) is 0 Å². The molecule has 0 unspecified atom stereocenters. The van der Waals surface area contributed by atoms with E-state index in [0.717, 1.165) is 0 Å². The molecule has 1 aliphatic heterocycles. The van der Waals surface area contributed by atoms with E-state index in [9.17, 15) is 8.42 Å². The second kappa shape index (κ2) is 4.61. The minimum absolute atomic E-state index is 0.108. The van der Waals surface area contributed by atoms with Gasteiger partial charge in [0.25, 0.3) is 0 Å². The molecule has 0 radical (unpaired) electrons. The van der Waals surface area contributed by atoms with Gasteiger partial charge in [0, 0.05) is 7.05 Å². The number of rotatable bonds is 3. The fourth-order valence-electron chi connectivity index (χ4n) is 1.73. The lowest BCUT2D eigenvalue weighted by Gasteiger charge is -2.19. The van der Waals surface area contributed by atoms with Gasteiger partial charge in [0.2, 0.25) is 15.9 Å². The van der Waals surface area contributed by atoms with Gasteiger partial charge in [-0.1, -0.05) is 12.1 Å². The number of hydrogen-bond donors (Lipinski definition) is 0. The average molecular weight is 268 g/mol. The zero-order valence-electron chi connectivity index (χ0n) is 10.6. The summed E-state index contributed by atoms with van der Waals surface area (Å²) in [5.41, 5.74) is 1.28. The Bertz CT molecular complexity index is 581. The highest BCUT2D eigenvalue weighted by atomic mass is 32.2. The van der Waals surface area contributed by atoms with Crippen molar-refractivity contribution in [3.63, 3.8) is 0 Å². The minimum atomic E-state index is -3.30. The van der Waals surface area contributed by atoms with Gasteiger partial charge in [0.05, 0.1) is 23.5 Å². The molecule has 5 nitrogen and oxygen atoms in total. The summed E-state index contributed by atoms with van der Waals surface area (Å²) in [6, 6.07) is 7.29. The number of aliphatic imine (C=N–C) groups is 1. The smallest absolute Gasteiger partial charge is 0.232 e. The Morgan fingerprint density at radius 3 is 2.61 bits per heavy atom. The quantitative estimate of drug-likeness (QED) is 0.829. The molecular weight excluding hydrogens is 252 g/mol. The van der Waals surface area contributed by atoms with Crippen LogP contribution in [0.25, 0.3) is 0 Å². The van der Waals surface area contributed by atoms with Crippen LogP contribution in [0.5, 0.6) is 0 Å². The van der Waals surface area contributed by atoms with Crippen LogP contribution in [0.1, 0.15) is 12.5 Å². The standard InChI is InChI=1S/C12H16N2O3S/c1-9-8-17-12(13-9)10-6-4-5-7-11(10)14(2)18(3,15)16/h4-7,9H,8H2,1-3H3/t9-/m0/s1. The van der Waals surface area contributed by atoms with Gasteiger partial charge in [0.1, 0.15) is 6.61 Å². The largest absolute Gasteiger partial charge is 0.475 e. The monoisotopic (exact) mass is 268 g/mol. The normalized spacial score (nSPS) is 19.3. The van der Waals surface area contributed by atoms with Gasteiger partial charge in [-0.15, -0.1) is 0 Å². The van der Waals surface area contributed by atoms with Crippen LogP contribution >= 0.6 is 0 Å². The molecule has 1 aliphatic rings. The van der Waals surface area contributed by atoms with Crippen molar-refractivity contribution >= 4 is 21.6 Å². The topological polar surface area (TPSA) is 59.0 Å². The highest BCUT2D eigenvalue weighted by molar-refractivity contribution is 7.92. The summed E-state index contributed by atoms with van der Waals surface area (Å²) in [4.78, 5) is 4.36. The molecule has 1 heterocycles. The lowest BCUT2D eigenvalue weighted by atomic mass is 10.2. The van der Waals surface area contributed by atoms with Crippen LogP contribution in [0, 0.1) is 0 Å². The van der Waals surface area contributed by atoms with Gasteiger partial charge in [-0.3, -0.25) is 4.31 Å². The molecule has 2 rings (SSSR count). The molecule has 18 heavy (non-hydrogen) atoms. The van der Waals surface area contributed by atoms with E-state index >= 15 is 0 Å². The Balaban J connectivity index is 2.47. The number of para-hydroxylation sites is 1.